The number of carbonyl (C=O) groups is 2. The number of para-hydroxylation sites is 1. The minimum absolute atomic E-state index is 0.0458. The van der Waals surface area contributed by atoms with Gasteiger partial charge in [0.2, 0.25) is 5.91 Å². The lowest BCUT2D eigenvalue weighted by Gasteiger charge is -2.36. The molecule has 0 aliphatic carbocycles. The Bertz CT molecular complexity index is 1400. The fraction of sp³-hybridized carbons (Fsp3) is 0.200. The molecule has 1 N–H and O–H groups in total. The molecule has 0 unspecified atom stereocenters. The smallest absolute Gasteiger partial charge is 0.343 e. The van der Waals surface area contributed by atoms with Gasteiger partial charge in [-0.25, -0.2) is 13.2 Å². The van der Waals surface area contributed by atoms with Crippen LogP contribution in [0.3, 0.4) is 0 Å². The van der Waals surface area contributed by atoms with E-state index in [1.165, 1.54) is 24.1 Å². The van der Waals surface area contributed by atoms with E-state index in [4.69, 9.17) is 4.74 Å². The standard InChI is InChI=1S/C25H25N3O5S/c1-16-9-11-20(18(3)13-16)28-25(30)27(21-7-5-6-8-23(21)34(28,31)32)15-24(29)26-19-14-17(2)10-12-22(19)33-4/h5-14H,15H2,1-4H3,(H,26,29). The lowest BCUT2D eigenvalue weighted by molar-refractivity contribution is -0.114. The van der Waals surface area contributed by atoms with Crippen LogP contribution >= 0.6 is 0 Å². The first kappa shape index (κ1) is 23.3. The zero-order valence-corrected chi connectivity index (χ0v) is 20.1. The molecule has 0 spiro atoms. The van der Waals surface area contributed by atoms with E-state index >= 15 is 0 Å². The van der Waals surface area contributed by atoms with Crippen LogP contribution in [0.15, 0.2) is 65.6 Å². The first-order valence-electron chi connectivity index (χ1n) is 10.6. The van der Waals surface area contributed by atoms with Gasteiger partial charge in [-0.05, 0) is 62.2 Å². The Kier molecular flexibility index (Phi) is 6.05. The molecule has 0 bridgehead atoms. The van der Waals surface area contributed by atoms with E-state index in [-0.39, 0.29) is 22.8 Å². The van der Waals surface area contributed by atoms with Crippen molar-refractivity contribution in [3.8, 4) is 5.75 Å². The second kappa shape index (κ2) is 8.83. The normalized spacial score (nSPS) is 14.5. The highest BCUT2D eigenvalue weighted by Gasteiger charge is 2.43. The molecule has 4 rings (SSSR count). The van der Waals surface area contributed by atoms with E-state index in [0.717, 1.165) is 15.4 Å². The largest absolute Gasteiger partial charge is 0.495 e. The molecule has 0 radical (unpaired) electrons. The second-order valence-corrected chi connectivity index (χ2v) is 9.90. The third-order valence-electron chi connectivity index (χ3n) is 5.58. The molecule has 0 fully saturated rings. The Morgan fingerprint density at radius 2 is 1.62 bits per heavy atom. The zero-order chi connectivity index (χ0) is 24.6. The molecule has 176 valence electrons. The molecule has 3 amide bonds. The predicted octanol–water partition coefficient (Wildman–Crippen LogP) is 4.39. The van der Waals surface area contributed by atoms with E-state index in [0.29, 0.717) is 17.0 Å². The number of fused-ring (bicyclic) bond motifs is 1. The Morgan fingerprint density at radius 3 is 2.32 bits per heavy atom. The van der Waals surface area contributed by atoms with Crippen molar-refractivity contribution < 1.29 is 22.7 Å². The van der Waals surface area contributed by atoms with Gasteiger partial charge in [-0.3, -0.25) is 9.69 Å². The maximum absolute atomic E-state index is 13.6. The third kappa shape index (κ3) is 4.10. The summed E-state index contributed by atoms with van der Waals surface area (Å²) in [5.74, 6) is -0.0178. The molecular formula is C25H25N3O5S. The highest BCUT2D eigenvalue weighted by atomic mass is 32.2. The molecule has 0 saturated heterocycles. The van der Waals surface area contributed by atoms with Crippen LogP contribution in [0.2, 0.25) is 0 Å². The number of hydrogen-bond donors (Lipinski definition) is 1. The van der Waals surface area contributed by atoms with E-state index in [9.17, 15) is 18.0 Å². The maximum Gasteiger partial charge on any atom is 0.343 e. The van der Waals surface area contributed by atoms with Gasteiger partial charge in [0, 0.05) is 0 Å². The molecule has 3 aromatic rings. The van der Waals surface area contributed by atoms with Crippen molar-refractivity contribution in [1.82, 2.24) is 0 Å². The number of amides is 3. The van der Waals surface area contributed by atoms with Gasteiger partial charge in [0.05, 0.1) is 24.2 Å². The van der Waals surface area contributed by atoms with Crippen LogP contribution in [0, 0.1) is 20.8 Å². The first-order chi connectivity index (χ1) is 16.1. The van der Waals surface area contributed by atoms with Crippen molar-refractivity contribution in [2.24, 2.45) is 0 Å². The molecular weight excluding hydrogens is 454 g/mol. The van der Waals surface area contributed by atoms with Gasteiger partial charge in [-0.2, -0.15) is 4.31 Å². The minimum Gasteiger partial charge on any atom is -0.495 e. The van der Waals surface area contributed by atoms with Crippen LogP contribution in [-0.2, 0) is 14.8 Å². The topological polar surface area (TPSA) is 96.0 Å². The predicted molar refractivity (Wildman–Crippen MR) is 131 cm³/mol. The fourth-order valence-corrected chi connectivity index (χ4v) is 5.64. The summed E-state index contributed by atoms with van der Waals surface area (Å²) in [5.41, 5.74) is 3.35. The molecule has 1 aliphatic heterocycles. The van der Waals surface area contributed by atoms with Gasteiger partial charge in [0.15, 0.2) is 0 Å². The zero-order valence-electron chi connectivity index (χ0n) is 19.3. The Balaban J connectivity index is 1.74. The number of ether oxygens (including phenoxy) is 1. The quantitative estimate of drug-likeness (QED) is 0.585. The van der Waals surface area contributed by atoms with Crippen LogP contribution in [0.25, 0.3) is 0 Å². The van der Waals surface area contributed by atoms with Crippen LogP contribution in [0.5, 0.6) is 5.75 Å². The van der Waals surface area contributed by atoms with Gasteiger partial charge >= 0.3 is 6.03 Å². The van der Waals surface area contributed by atoms with Gasteiger partial charge in [0.1, 0.15) is 17.2 Å². The number of rotatable bonds is 5. The van der Waals surface area contributed by atoms with Gasteiger partial charge in [-0.1, -0.05) is 35.9 Å². The summed E-state index contributed by atoms with van der Waals surface area (Å²) in [6.45, 7) is 5.12. The lowest BCUT2D eigenvalue weighted by Crippen LogP contribution is -2.53. The molecule has 9 heteroatoms. The van der Waals surface area contributed by atoms with Crippen LogP contribution in [-0.4, -0.2) is 34.0 Å². The lowest BCUT2D eigenvalue weighted by atomic mass is 10.1. The number of benzene rings is 3. The van der Waals surface area contributed by atoms with Crippen LogP contribution in [0.4, 0.5) is 21.9 Å². The van der Waals surface area contributed by atoms with E-state index in [2.05, 4.69) is 5.32 Å². The minimum atomic E-state index is -4.17. The number of sulfonamides is 1. The average Bonchev–Trinajstić information content (AvgIpc) is 2.78. The van der Waals surface area contributed by atoms with E-state index in [1.807, 2.05) is 19.9 Å². The third-order valence-corrected chi connectivity index (χ3v) is 7.32. The first-order valence-corrected chi connectivity index (χ1v) is 12.0. The summed E-state index contributed by atoms with van der Waals surface area (Å²) in [5, 5.41) is 2.77. The molecule has 8 nitrogen and oxygen atoms in total. The Morgan fingerprint density at radius 1 is 0.941 bits per heavy atom. The van der Waals surface area contributed by atoms with Crippen LogP contribution < -0.4 is 19.3 Å². The average molecular weight is 480 g/mol. The Hall–Kier alpha value is -3.85. The number of urea groups is 1. The van der Waals surface area contributed by atoms with Crippen molar-refractivity contribution in [1.29, 1.82) is 0 Å². The number of nitrogens with one attached hydrogen (secondary N) is 1. The summed E-state index contributed by atoms with van der Waals surface area (Å²) in [6, 6.07) is 15.8. The number of carbonyl (C=O) groups excluding carboxylic acids is 2. The van der Waals surface area contributed by atoms with Crippen molar-refractivity contribution in [3.05, 3.63) is 77.4 Å². The maximum atomic E-state index is 13.6. The van der Waals surface area contributed by atoms with Gasteiger partial charge < -0.3 is 10.1 Å². The number of anilines is 3. The number of hydrogen-bond acceptors (Lipinski definition) is 5. The molecule has 0 atom stereocenters. The van der Waals surface area contributed by atoms with Crippen molar-refractivity contribution in [2.45, 2.75) is 25.7 Å². The molecule has 1 heterocycles. The Labute approximate surface area is 198 Å². The second-order valence-electron chi connectivity index (χ2n) is 8.15. The monoisotopic (exact) mass is 479 g/mol. The van der Waals surface area contributed by atoms with Crippen molar-refractivity contribution >= 4 is 39.0 Å². The number of aryl methyl sites for hydroxylation is 3. The summed E-state index contributed by atoms with van der Waals surface area (Å²) in [7, 11) is -2.68. The van der Waals surface area contributed by atoms with Gasteiger partial charge in [-0.15, -0.1) is 0 Å². The highest BCUT2D eigenvalue weighted by molar-refractivity contribution is 7.94. The number of nitrogens with zero attached hydrogens (tertiary/aromatic N) is 2. The van der Waals surface area contributed by atoms with Crippen LogP contribution in [0.1, 0.15) is 16.7 Å². The summed E-state index contributed by atoms with van der Waals surface area (Å²) in [4.78, 5) is 27.7. The van der Waals surface area contributed by atoms with Crippen molar-refractivity contribution in [3.63, 3.8) is 0 Å². The van der Waals surface area contributed by atoms with Gasteiger partial charge in [0.25, 0.3) is 10.0 Å². The molecule has 0 aromatic heterocycles. The summed E-state index contributed by atoms with van der Waals surface area (Å²) < 4.78 is 33.0. The molecule has 0 saturated carbocycles. The van der Waals surface area contributed by atoms with Crippen molar-refractivity contribution in [2.75, 3.05) is 28.2 Å². The van der Waals surface area contributed by atoms with E-state index < -0.39 is 22.0 Å². The highest BCUT2D eigenvalue weighted by Crippen LogP contribution is 2.38. The molecule has 1 aliphatic rings. The summed E-state index contributed by atoms with van der Waals surface area (Å²) >= 11 is 0. The SMILES string of the molecule is COc1ccc(C)cc1NC(=O)CN1C(=O)N(c2ccc(C)cc2C)S(=O)(=O)c2ccccc21. The summed E-state index contributed by atoms with van der Waals surface area (Å²) in [6.07, 6.45) is 0. The molecule has 34 heavy (non-hydrogen) atoms. The van der Waals surface area contributed by atoms with E-state index in [1.54, 1.807) is 49.4 Å². The number of methoxy groups -OCH3 is 1. The fourth-order valence-electron chi connectivity index (χ4n) is 3.98. The molecule has 3 aromatic carbocycles.